The average molecular weight is 457 g/mol. The third kappa shape index (κ3) is 6.32. The van der Waals surface area contributed by atoms with Gasteiger partial charge in [0.15, 0.2) is 0 Å². The predicted molar refractivity (Wildman–Crippen MR) is 126 cm³/mol. The standard InChI is InChI=1S/C24H25ClN2O3S/c1-3-18-5-7-19(8-6-18)9-15-24(28)26-20-11-13-22(14-12-20)31(29,30)27-21-10-4-17(2)23(25)16-21/h4-8,10-14,16,27H,3,9,15H2,1-2H3,(H,26,28). The number of carbonyl (C=O) groups is 1. The van der Waals surface area contributed by atoms with Crippen LogP contribution in [0.5, 0.6) is 0 Å². The molecule has 162 valence electrons. The first kappa shape index (κ1) is 22.8. The van der Waals surface area contributed by atoms with Crippen LogP contribution in [0.25, 0.3) is 0 Å². The Kier molecular flexibility index (Phi) is 7.36. The van der Waals surface area contributed by atoms with Crippen molar-refractivity contribution in [2.45, 2.75) is 38.0 Å². The second-order valence-electron chi connectivity index (χ2n) is 7.31. The number of benzene rings is 3. The van der Waals surface area contributed by atoms with Crippen molar-refractivity contribution in [1.29, 1.82) is 0 Å². The van der Waals surface area contributed by atoms with E-state index in [1.165, 1.54) is 17.7 Å². The Hall–Kier alpha value is -2.83. The summed E-state index contributed by atoms with van der Waals surface area (Å²) >= 11 is 6.06. The number of amides is 1. The van der Waals surface area contributed by atoms with E-state index in [9.17, 15) is 13.2 Å². The fourth-order valence-electron chi connectivity index (χ4n) is 3.01. The number of sulfonamides is 1. The maximum absolute atomic E-state index is 12.6. The van der Waals surface area contributed by atoms with Crippen molar-refractivity contribution in [2.75, 3.05) is 10.0 Å². The molecular formula is C24H25ClN2O3S. The molecule has 3 aromatic rings. The zero-order valence-electron chi connectivity index (χ0n) is 17.5. The molecule has 0 bridgehead atoms. The molecule has 0 aliphatic heterocycles. The first-order valence-electron chi connectivity index (χ1n) is 10.0. The molecule has 0 heterocycles. The highest BCUT2D eigenvalue weighted by molar-refractivity contribution is 7.92. The molecule has 0 aliphatic rings. The van der Waals surface area contributed by atoms with Crippen LogP contribution in [0, 0.1) is 6.92 Å². The molecule has 0 atom stereocenters. The molecule has 0 aliphatic carbocycles. The highest BCUT2D eigenvalue weighted by atomic mass is 35.5. The maximum atomic E-state index is 12.6. The average Bonchev–Trinajstić information content (AvgIpc) is 2.75. The summed E-state index contributed by atoms with van der Waals surface area (Å²) in [7, 11) is -3.76. The van der Waals surface area contributed by atoms with E-state index in [0.29, 0.717) is 29.2 Å². The van der Waals surface area contributed by atoms with E-state index in [-0.39, 0.29) is 10.8 Å². The van der Waals surface area contributed by atoms with Gasteiger partial charge in [0.25, 0.3) is 10.0 Å². The summed E-state index contributed by atoms with van der Waals surface area (Å²) in [5.41, 5.74) is 4.17. The number of nitrogens with one attached hydrogen (secondary N) is 2. The Morgan fingerprint density at radius 1 is 0.903 bits per heavy atom. The topological polar surface area (TPSA) is 75.3 Å². The van der Waals surface area contributed by atoms with Gasteiger partial charge in [0.2, 0.25) is 5.91 Å². The molecule has 0 saturated carbocycles. The summed E-state index contributed by atoms with van der Waals surface area (Å²) in [6.45, 7) is 3.95. The van der Waals surface area contributed by atoms with Crippen molar-refractivity contribution >= 4 is 38.9 Å². The Morgan fingerprint density at radius 2 is 1.52 bits per heavy atom. The molecule has 31 heavy (non-hydrogen) atoms. The Labute approximate surface area is 188 Å². The molecule has 3 aromatic carbocycles. The van der Waals surface area contributed by atoms with Crippen LogP contribution < -0.4 is 10.0 Å². The summed E-state index contributed by atoms with van der Waals surface area (Å²) in [6, 6.07) is 19.3. The summed E-state index contributed by atoms with van der Waals surface area (Å²) in [5, 5.41) is 3.29. The largest absolute Gasteiger partial charge is 0.326 e. The smallest absolute Gasteiger partial charge is 0.261 e. The summed E-state index contributed by atoms with van der Waals surface area (Å²) in [4.78, 5) is 12.3. The third-order valence-corrected chi connectivity index (χ3v) is 6.75. The number of hydrogen-bond acceptors (Lipinski definition) is 3. The van der Waals surface area contributed by atoms with Gasteiger partial charge in [-0.15, -0.1) is 0 Å². The molecule has 0 fully saturated rings. The fourth-order valence-corrected chi connectivity index (χ4v) is 4.24. The predicted octanol–water partition coefficient (Wildman–Crippen LogP) is 5.58. The van der Waals surface area contributed by atoms with Gasteiger partial charge in [-0.25, -0.2) is 8.42 Å². The third-order valence-electron chi connectivity index (χ3n) is 4.94. The first-order valence-corrected chi connectivity index (χ1v) is 11.9. The van der Waals surface area contributed by atoms with Crippen LogP contribution in [0.15, 0.2) is 71.6 Å². The van der Waals surface area contributed by atoms with Crippen LogP contribution >= 0.6 is 11.6 Å². The second-order valence-corrected chi connectivity index (χ2v) is 9.40. The molecular weight excluding hydrogens is 432 g/mol. The van der Waals surface area contributed by atoms with Gasteiger partial charge in [-0.1, -0.05) is 48.9 Å². The normalized spacial score (nSPS) is 11.2. The second kappa shape index (κ2) is 9.98. The molecule has 0 aromatic heterocycles. The van der Waals surface area contributed by atoms with Crippen molar-refractivity contribution in [3.05, 3.63) is 88.4 Å². The SMILES string of the molecule is CCc1ccc(CCC(=O)Nc2ccc(S(=O)(=O)Nc3ccc(C)c(Cl)c3)cc2)cc1. The zero-order chi connectivity index (χ0) is 22.4. The molecule has 5 nitrogen and oxygen atoms in total. The lowest BCUT2D eigenvalue weighted by atomic mass is 10.1. The van der Waals surface area contributed by atoms with Gasteiger partial charge in [0.1, 0.15) is 0 Å². The Bertz CT molecular complexity index is 1160. The lowest BCUT2D eigenvalue weighted by Crippen LogP contribution is -2.14. The van der Waals surface area contributed by atoms with Gasteiger partial charge in [-0.05, 0) is 72.9 Å². The van der Waals surface area contributed by atoms with E-state index in [2.05, 4.69) is 29.1 Å². The van der Waals surface area contributed by atoms with E-state index in [1.807, 2.05) is 19.1 Å². The maximum Gasteiger partial charge on any atom is 0.261 e. The summed E-state index contributed by atoms with van der Waals surface area (Å²) < 4.78 is 27.7. The first-order chi connectivity index (χ1) is 14.8. The molecule has 7 heteroatoms. The van der Waals surface area contributed by atoms with Crippen LogP contribution in [0.3, 0.4) is 0 Å². The van der Waals surface area contributed by atoms with Crippen molar-refractivity contribution in [3.8, 4) is 0 Å². The highest BCUT2D eigenvalue weighted by Crippen LogP contribution is 2.23. The van der Waals surface area contributed by atoms with E-state index >= 15 is 0 Å². The molecule has 0 unspecified atom stereocenters. The van der Waals surface area contributed by atoms with Gasteiger partial charge >= 0.3 is 0 Å². The quantitative estimate of drug-likeness (QED) is 0.464. The van der Waals surface area contributed by atoms with Gasteiger partial charge in [-0.3, -0.25) is 9.52 Å². The number of aryl methyl sites for hydroxylation is 3. The molecule has 1 amide bonds. The van der Waals surface area contributed by atoms with Crippen molar-refractivity contribution in [1.82, 2.24) is 0 Å². The number of hydrogen-bond donors (Lipinski definition) is 2. The summed E-state index contributed by atoms with van der Waals surface area (Å²) in [5.74, 6) is -0.123. The monoisotopic (exact) mass is 456 g/mol. The van der Waals surface area contributed by atoms with E-state index in [1.54, 1.807) is 30.3 Å². The van der Waals surface area contributed by atoms with Crippen molar-refractivity contribution in [3.63, 3.8) is 0 Å². The minimum absolute atomic E-state index is 0.0956. The van der Waals surface area contributed by atoms with E-state index < -0.39 is 10.0 Å². The molecule has 3 rings (SSSR count). The van der Waals surface area contributed by atoms with Crippen molar-refractivity contribution in [2.24, 2.45) is 0 Å². The molecule has 0 radical (unpaired) electrons. The molecule has 0 spiro atoms. The van der Waals surface area contributed by atoms with Gasteiger partial charge in [0, 0.05) is 17.1 Å². The lowest BCUT2D eigenvalue weighted by molar-refractivity contribution is -0.116. The lowest BCUT2D eigenvalue weighted by Gasteiger charge is -2.10. The molecule has 0 saturated heterocycles. The van der Waals surface area contributed by atoms with Gasteiger partial charge in [0.05, 0.1) is 10.6 Å². The minimum Gasteiger partial charge on any atom is -0.326 e. The Morgan fingerprint density at radius 3 is 2.13 bits per heavy atom. The fraction of sp³-hybridized carbons (Fsp3) is 0.208. The van der Waals surface area contributed by atoms with Crippen LogP contribution in [-0.4, -0.2) is 14.3 Å². The van der Waals surface area contributed by atoms with Crippen molar-refractivity contribution < 1.29 is 13.2 Å². The van der Waals surface area contributed by atoms with Crippen LogP contribution in [0.1, 0.15) is 30.0 Å². The van der Waals surface area contributed by atoms with Gasteiger partial charge < -0.3 is 5.32 Å². The van der Waals surface area contributed by atoms with Gasteiger partial charge in [-0.2, -0.15) is 0 Å². The Balaban J connectivity index is 1.58. The minimum atomic E-state index is -3.76. The van der Waals surface area contributed by atoms with E-state index in [4.69, 9.17) is 11.6 Å². The number of rotatable bonds is 8. The van der Waals surface area contributed by atoms with E-state index in [0.717, 1.165) is 17.5 Å². The highest BCUT2D eigenvalue weighted by Gasteiger charge is 2.15. The van der Waals surface area contributed by atoms with Crippen LogP contribution in [-0.2, 0) is 27.7 Å². The molecule has 2 N–H and O–H groups in total. The zero-order valence-corrected chi connectivity index (χ0v) is 19.1. The van der Waals surface area contributed by atoms with Crippen LogP contribution in [0.2, 0.25) is 5.02 Å². The number of halogens is 1. The summed E-state index contributed by atoms with van der Waals surface area (Å²) in [6.07, 6.45) is 1.98. The number of carbonyl (C=O) groups excluding carboxylic acids is 1. The van der Waals surface area contributed by atoms with Crippen LogP contribution in [0.4, 0.5) is 11.4 Å². The number of anilines is 2.